The summed E-state index contributed by atoms with van der Waals surface area (Å²) in [6, 6.07) is 6.40. The highest BCUT2D eigenvalue weighted by atomic mass is 31.2. The van der Waals surface area contributed by atoms with Crippen molar-refractivity contribution in [3.8, 4) is 0 Å². The largest absolute Gasteiger partial charge is 0.472 e. The molecule has 2 rings (SSSR count). The molecule has 2 atom stereocenters. The first-order chi connectivity index (χ1) is 29.7. The van der Waals surface area contributed by atoms with Crippen LogP contribution in [-0.4, -0.2) is 66.0 Å². The molecule has 1 N–H and O–H groups in total. The third-order valence-electron chi connectivity index (χ3n) is 11.2. The van der Waals surface area contributed by atoms with E-state index in [1.54, 1.807) is 24.3 Å². The molecule has 12 heteroatoms. The summed E-state index contributed by atoms with van der Waals surface area (Å²) in [5.41, 5.74) is 0.522. The number of unbranched alkanes of at least 4 members (excludes halogenated alkanes) is 25. The van der Waals surface area contributed by atoms with Crippen LogP contribution in [0.25, 0.3) is 0 Å². The van der Waals surface area contributed by atoms with Crippen LogP contribution in [0, 0.1) is 0 Å². The molecule has 0 saturated heterocycles. The highest BCUT2D eigenvalue weighted by Gasteiger charge is 2.35. The molecular weight excluding hydrogens is 794 g/mol. The molecule has 0 saturated carbocycles. The minimum atomic E-state index is -4.69. The zero-order valence-corrected chi connectivity index (χ0v) is 39.0. The number of hydrogen-bond donors (Lipinski definition) is 1. The zero-order chi connectivity index (χ0) is 44.2. The van der Waals surface area contributed by atoms with E-state index < -0.39 is 50.9 Å². The smallest absolute Gasteiger partial charge is 0.462 e. The molecule has 0 radical (unpaired) electrons. The molecule has 1 aliphatic heterocycles. The number of benzene rings is 1. The molecular formula is C49H82NO10P. The van der Waals surface area contributed by atoms with E-state index in [1.165, 1.54) is 109 Å². The summed E-state index contributed by atoms with van der Waals surface area (Å²) in [6.45, 7) is 2.90. The number of hydrogen-bond acceptors (Lipinski definition) is 9. The Morgan fingerprint density at radius 3 is 1.46 bits per heavy atom. The molecule has 0 aromatic heterocycles. The van der Waals surface area contributed by atoms with Gasteiger partial charge in [0, 0.05) is 12.8 Å². The molecule has 0 bridgehead atoms. The van der Waals surface area contributed by atoms with E-state index in [9.17, 15) is 28.6 Å². The monoisotopic (exact) mass is 876 g/mol. The number of rotatable bonds is 41. The van der Waals surface area contributed by atoms with Crippen molar-refractivity contribution in [2.75, 3.05) is 26.4 Å². The van der Waals surface area contributed by atoms with E-state index in [4.69, 9.17) is 18.5 Å². The van der Waals surface area contributed by atoms with E-state index in [0.29, 0.717) is 12.8 Å². The van der Waals surface area contributed by atoms with Crippen molar-refractivity contribution in [1.29, 1.82) is 0 Å². The Hall–Kier alpha value is -2.85. The molecule has 1 aromatic carbocycles. The second-order valence-corrected chi connectivity index (χ2v) is 18.2. The summed E-state index contributed by atoms with van der Waals surface area (Å²) >= 11 is 0. The molecule has 2 amide bonds. The average molecular weight is 876 g/mol. The van der Waals surface area contributed by atoms with Crippen LogP contribution in [0.3, 0.4) is 0 Å². The minimum absolute atomic E-state index is 0.172. The van der Waals surface area contributed by atoms with Crippen LogP contribution in [0.5, 0.6) is 0 Å². The van der Waals surface area contributed by atoms with Crippen molar-refractivity contribution < 1.29 is 47.2 Å². The maximum atomic E-state index is 12.8. The molecule has 348 valence electrons. The summed E-state index contributed by atoms with van der Waals surface area (Å²) in [7, 11) is -4.69. The first kappa shape index (κ1) is 54.3. The SMILES string of the molecule is CCCCCCCC/C=C\CCCCCCCC(=O)OC[C@@H](COP(=O)(O)OCCN1C(=O)c2ccccc2C1=O)OC(=O)CCCCCCCCCCCCCCCCC. The Bertz CT molecular complexity index is 1380. The van der Waals surface area contributed by atoms with Gasteiger partial charge in [0.15, 0.2) is 6.10 Å². The lowest BCUT2D eigenvalue weighted by molar-refractivity contribution is -0.161. The van der Waals surface area contributed by atoms with Gasteiger partial charge in [-0.2, -0.15) is 0 Å². The van der Waals surface area contributed by atoms with Crippen LogP contribution in [0.4, 0.5) is 0 Å². The standard InChI is InChI=1S/C49H82NO10P/c1-3-5-7-9-11-13-15-17-19-21-23-25-27-29-31-37-46(51)57-41-43(60-47(52)38-32-30-28-26-24-22-20-18-16-14-12-10-8-6-4-2)42-59-61(55,56)58-40-39-50-48(53)44-35-33-34-36-45(44)49(50)54/h17,19,33-36,43H,3-16,18,20-32,37-42H2,1-2H3,(H,55,56)/b19-17-/t43-/m0/s1. The number of imide groups is 1. The Kier molecular flexibility index (Phi) is 31.7. The van der Waals surface area contributed by atoms with Gasteiger partial charge in [-0.05, 0) is 50.7 Å². The summed E-state index contributed by atoms with van der Waals surface area (Å²) in [5.74, 6) is -1.97. The predicted molar refractivity (Wildman–Crippen MR) is 243 cm³/mol. The van der Waals surface area contributed by atoms with Crippen molar-refractivity contribution >= 4 is 31.6 Å². The lowest BCUT2D eigenvalue weighted by atomic mass is 10.0. The van der Waals surface area contributed by atoms with Crippen LogP contribution in [0.2, 0.25) is 0 Å². The fourth-order valence-electron chi connectivity index (χ4n) is 7.50. The number of nitrogens with zero attached hydrogens (tertiary/aromatic N) is 1. The topological polar surface area (TPSA) is 146 Å². The fraction of sp³-hybridized carbons (Fsp3) is 0.755. The third kappa shape index (κ3) is 27.1. The van der Waals surface area contributed by atoms with Gasteiger partial charge < -0.3 is 14.4 Å². The number of carbonyl (C=O) groups excluding carboxylic acids is 4. The summed E-state index contributed by atoms with van der Waals surface area (Å²) < 4.78 is 34.0. The molecule has 0 aliphatic carbocycles. The number of carbonyl (C=O) groups is 4. The quantitative estimate of drug-likeness (QED) is 0.0222. The van der Waals surface area contributed by atoms with E-state index >= 15 is 0 Å². The van der Waals surface area contributed by atoms with Crippen LogP contribution in [0.1, 0.15) is 227 Å². The van der Waals surface area contributed by atoms with Crippen molar-refractivity contribution in [1.82, 2.24) is 4.90 Å². The van der Waals surface area contributed by atoms with Crippen molar-refractivity contribution in [3.63, 3.8) is 0 Å². The number of allylic oxidation sites excluding steroid dienone is 2. The van der Waals surface area contributed by atoms with Crippen LogP contribution < -0.4 is 0 Å². The fourth-order valence-corrected chi connectivity index (χ4v) is 8.25. The zero-order valence-electron chi connectivity index (χ0n) is 38.1. The van der Waals surface area contributed by atoms with E-state index in [1.807, 2.05) is 0 Å². The van der Waals surface area contributed by atoms with Crippen molar-refractivity contribution in [3.05, 3.63) is 47.5 Å². The Balaban J connectivity index is 1.68. The Morgan fingerprint density at radius 1 is 0.590 bits per heavy atom. The molecule has 11 nitrogen and oxygen atoms in total. The lowest BCUT2D eigenvalue weighted by Crippen LogP contribution is -2.33. The maximum absolute atomic E-state index is 12.8. The second-order valence-electron chi connectivity index (χ2n) is 16.7. The first-order valence-electron chi connectivity index (χ1n) is 24.3. The van der Waals surface area contributed by atoms with Gasteiger partial charge >= 0.3 is 19.8 Å². The Labute approximate surface area is 369 Å². The summed E-state index contributed by atoms with van der Waals surface area (Å²) in [4.78, 5) is 62.0. The van der Waals surface area contributed by atoms with Crippen LogP contribution in [-0.2, 0) is 32.7 Å². The molecule has 0 fully saturated rings. The van der Waals surface area contributed by atoms with Crippen LogP contribution >= 0.6 is 7.82 Å². The summed E-state index contributed by atoms with van der Waals surface area (Å²) in [5, 5.41) is 0. The average Bonchev–Trinajstić information content (AvgIpc) is 3.49. The van der Waals surface area contributed by atoms with Gasteiger partial charge in [0.1, 0.15) is 6.61 Å². The predicted octanol–water partition coefficient (Wildman–Crippen LogP) is 13.2. The molecule has 1 heterocycles. The van der Waals surface area contributed by atoms with Crippen molar-refractivity contribution in [2.24, 2.45) is 0 Å². The summed E-state index contributed by atoms with van der Waals surface area (Å²) in [6.07, 6.45) is 37.0. The number of esters is 2. The number of phosphoric acid groups is 1. The first-order valence-corrected chi connectivity index (χ1v) is 25.7. The highest BCUT2D eigenvalue weighted by Crippen LogP contribution is 2.43. The number of amides is 2. The van der Waals surface area contributed by atoms with Gasteiger partial charge in [-0.1, -0.05) is 179 Å². The number of phosphoric ester groups is 1. The number of fused-ring (bicyclic) bond motifs is 1. The maximum Gasteiger partial charge on any atom is 0.472 e. The van der Waals surface area contributed by atoms with Gasteiger partial charge in [-0.3, -0.25) is 33.1 Å². The second kappa shape index (κ2) is 35.6. The highest BCUT2D eigenvalue weighted by molar-refractivity contribution is 7.47. The minimum Gasteiger partial charge on any atom is -0.462 e. The molecule has 61 heavy (non-hydrogen) atoms. The lowest BCUT2D eigenvalue weighted by Gasteiger charge is -2.20. The Morgan fingerprint density at radius 2 is 1.00 bits per heavy atom. The van der Waals surface area contributed by atoms with Gasteiger partial charge in [-0.15, -0.1) is 0 Å². The molecule has 0 spiro atoms. The van der Waals surface area contributed by atoms with Gasteiger partial charge in [0.25, 0.3) is 11.8 Å². The van der Waals surface area contributed by atoms with E-state index in [0.717, 1.165) is 62.7 Å². The molecule has 1 aromatic rings. The molecule has 1 unspecified atom stereocenters. The third-order valence-corrected chi connectivity index (χ3v) is 12.2. The van der Waals surface area contributed by atoms with Crippen LogP contribution in [0.15, 0.2) is 36.4 Å². The van der Waals surface area contributed by atoms with Gasteiger partial charge in [0.2, 0.25) is 0 Å². The normalized spacial score (nSPS) is 14.1. The number of ether oxygens (including phenoxy) is 2. The van der Waals surface area contributed by atoms with Gasteiger partial charge in [-0.25, -0.2) is 4.57 Å². The van der Waals surface area contributed by atoms with Gasteiger partial charge in [0.05, 0.1) is 30.9 Å². The van der Waals surface area contributed by atoms with E-state index in [2.05, 4.69) is 26.0 Å². The van der Waals surface area contributed by atoms with E-state index in [-0.39, 0.29) is 37.1 Å². The molecule has 1 aliphatic rings. The van der Waals surface area contributed by atoms with Crippen molar-refractivity contribution in [2.45, 2.75) is 213 Å².